The third kappa shape index (κ3) is 3.94. The lowest BCUT2D eigenvalue weighted by atomic mass is 9.75. The summed E-state index contributed by atoms with van der Waals surface area (Å²) in [6.45, 7) is 13.6. The van der Waals surface area contributed by atoms with E-state index in [0.717, 1.165) is 16.6 Å². The summed E-state index contributed by atoms with van der Waals surface area (Å²) in [7, 11) is -0.490. The predicted octanol–water partition coefficient (Wildman–Crippen LogP) is 3.63. The average molecular weight is 370 g/mol. The molecule has 0 unspecified atom stereocenters. The monoisotopic (exact) mass is 370 g/mol. The molecule has 0 aliphatic carbocycles. The van der Waals surface area contributed by atoms with Crippen molar-refractivity contribution in [2.75, 3.05) is 0 Å². The van der Waals surface area contributed by atoms with Gasteiger partial charge in [0.25, 0.3) is 0 Å². The van der Waals surface area contributed by atoms with Gasteiger partial charge in [-0.3, -0.25) is 0 Å². The number of ether oxygens (including phenoxy) is 1. The van der Waals surface area contributed by atoms with E-state index in [0.29, 0.717) is 0 Å². The van der Waals surface area contributed by atoms with Crippen LogP contribution in [0, 0.1) is 0 Å². The van der Waals surface area contributed by atoms with Crippen molar-refractivity contribution in [1.29, 1.82) is 0 Å². The van der Waals surface area contributed by atoms with Crippen molar-refractivity contribution in [3.05, 3.63) is 36.7 Å². The zero-order valence-corrected chi connectivity index (χ0v) is 17.1. The van der Waals surface area contributed by atoms with Crippen LogP contribution in [0.15, 0.2) is 36.7 Å². The van der Waals surface area contributed by atoms with Crippen LogP contribution in [0.3, 0.4) is 0 Å². The van der Waals surface area contributed by atoms with Crippen LogP contribution in [-0.2, 0) is 14.0 Å². The van der Waals surface area contributed by atoms with E-state index in [9.17, 15) is 4.79 Å². The van der Waals surface area contributed by atoms with Gasteiger partial charge in [0.1, 0.15) is 5.60 Å². The number of hydrogen-bond acceptors (Lipinski definition) is 5. The number of nitrogens with zero attached hydrogens (tertiary/aromatic N) is 2. The normalized spacial score (nSPS) is 18.6. The van der Waals surface area contributed by atoms with Gasteiger partial charge in [-0.25, -0.2) is 4.79 Å². The van der Waals surface area contributed by atoms with Crippen molar-refractivity contribution < 1.29 is 18.8 Å². The molecule has 0 amide bonds. The van der Waals surface area contributed by atoms with Gasteiger partial charge >= 0.3 is 13.2 Å². The van der Waals surface area contributed by atoms with Crippen molar-refractivity contribution in [1.82, 2.24) is 9.78 Å². The predicted molar refractivity (Wildman–Crippen MR) is 105 cm³/mol. The number of carbonyl (C=O) groups excluding carboxylic acids is 1. The first-order valence-electron chi connectivity index (χ1n) is 9.13. The van der Waals surface area contributed by atoms with Crippen molar-refractivity contribution in [3.8, 4) is 11.1 Å². The zero-order chi connectivity index (χ0) is 20.0. The van der Waals surface area contributed by atoms with Crippen molar-refractivity contribution in [3.63, 3.8) is 0 Å². The smallest absolute Gasteiger partial charge is 0.442 e. The van der Waals surface area contributed by atoms with Crippen LogP contribution in [0.25, 0.3) is 11.1 Å². The lowest BCUT2D eigenvalue weighted by Crippen LogP contribution is -2.41. The van der Waals surface area contributed by atoms with E-state index in [1.54, 1.807) is 12.4 Å². The van der Waals surface area contributed by atoms with Gasteiger partial charge in [0.15, 0.2) is 0 Å². The minimum atomic E-state index is -0.580. The third-order valence-corrected chi connectivity index (χ3v) is 4.94. The first kappa shape index (κ1) is 19.6. The van der Waals surface area contributed by atoms with Crippen LogP contribution < -0.4 is 5.46 Å². The van der Waals surface area contributed by atoms with Crippen LogP contribution in [0.4, 0.5) is 4.79 Å². The zero-order valence-electron chi connectivity index (χ0n) is 17.1. The van der Waals surface area contributed by atoms with Crippen molar-refractivity contribution in [2.45, 2.75) is 65.3 Å². The third-order valence-electron chi connectivity index (χ3n) is 4.94. The Bertz CT molecular complexity index is 836. The molecule has 1 aliphatic rings. The van der Waals surface area contributed by atoms with Crippen LogP contribution in [-0.4, -0.2) is 39.8 Å². The second kappa shape index (κ2) is 6.50. The van der Waals surface area contributed by atoms with Crippen molar-refractivity contribution in [2.24, 2.45) is 0 Å². The Kier molecular flexibility index (Phi) is 4.72. The molecule has 3 rings (SSSR count). The summed E-state index contributed by atoms with van der Waals surface area (Å²) in [4.78, 5) is 12.2. The van der Waals surface area contributed by atoms with E-state index in [1.165, 1.54) is 4.68 Å². The summed E-state index contributed by atoms with van der Waals surface area (Å²) < 4.78 is 19.0. The minimum absolute atomic E-state index is 0.425. The number of aromatic nitrogens is 2. The van der Waals surface area contributed by atoms with Crippen LogP contribution in [0.2, 0.25) is 0 Å². The van der Waals surface area contributed by atoms with Gasteiger partial charge in [0.05, 0.1) is 17.4 Å². The number of hydrogen-bond donors (Lipinski definition) is 0. The summed E-state index contributed by atoms with van der Waals surface area (Å²) >= 11 is 0. The van der Waals surface area contributed by atoms with Gasteiger partial charge in [-0.15, -0.1) is 0 Å². The van der Waals surface area contributed by atoms with E-state index in [4.69, 9.17) is 14.0 Å². The lowest BCUT2D eigenvalue weighted by molar-refractivity contribution is 0.00578. The molecule has 6 nitrogen and oxygen atoms in total. The topological polar surface area (TPSA) is 62.6 Å². The van der Waals surface area contributed by atoms with Crippen LogP contribution in [0.1, 0.15) is 48.5 Å². The molecular formula is C20H27BN2O4. The number of carbonyl (C=O) groups is 1. The standard InChI is InChI=1S/C20H27BN2O4/c1-18(2,3)25-17(24)23-13-14(12-22-23)15-10-8-9-11-16(15)21-26-19(4,5)20(6,7)27-21/h8-13H,1-7H3. The maximum Gasteiger partial charge on any atom is 0.495 e. The van der Waals surface area contributed by atoms with Gasteiger partial charge in [-0.1, -0.05) is 24.3 Å². The number of rotatable bonds is 2. The highest BCUT2D eigenvalue weighted by atomic mass is 16.7. The molecule has 0 spiro atoms. The highest BCUT2D eigenvalue weighted by molar-refractivity contribution is 6.63. The SMILES string of the molecule is CC(C)(C)OC(=O)n1cc(-c2ccccc2B2OC(C)(C)C(C)(C)O2)cn1. The molecule has 2 aromatic rings. The fourth-order valence-electron chi connectivity index (χ4n) is 2.81. The summed E-state index contributed by atoms with van der Waals surface area (Å²) in [6, 6.07) is 7.83. The molecule has 1 fully saturated rings. The largest absolute Gasteiger partial charge is 0.495 e. The second-order valence-corrected chi connectivity index (χ2v) is 8.83. The maximum absolute atomic E-state index is 12.2. The molecule has 0 N–H and O–H groups in total. The quantitative estimate of drug-likeness (QED) is 0.756. The van der Waals surface area contributed by atoms with Gasteiger partial charge in [0.2, 0.25) is 0 Å². The number of benzene rings is 1. The average Bonchev–Trinajstić information content (AvgIpc) is 3.09. The summed E-state index contributed by atoms with van der Waals surface area (Å²) in [6.07, 6.45) is 2.80. The summed E-state index contributed by atoms with van der Waals surface area (Å²) in [5.74, 6) is 0. The van der Waals surface area contributed by atoms with Gasteiger partial charge in [0, 0.05) is 11.8 Å². The maximum atomic E-state index is 12.2. The van der Waals surface area contributed by atoms with Gasteiger partial charge in [-0.2, -0.15) is 9.78 Å². The summed E-state index contributed by atoms with van der Waals surface area (Å²) in [5, 5.41) is 4.16. The van der Waals surface area contributed by atoms with E-state index >= 15 is 0 Å². The Morgan fingerprint density at radius 2 is 1.70 bits per heavy atom. The van der Waals surface area contributed by atoms with E-state index in [1.807, 2.05) is 72.7 Å². The fraction of sp³-hybridized carbons (Fsp3) is 0.500. The van der Waals surface area contributed by atoms with Crippen LogP contribution in [0.5, 0.6) is 0 Å². The second-order valence-electron chi connectivity index (χ2n) is 8.83. The Hall–Kier alpha value is -2.12. The molecule has 27 heavy (non-hydrogen) atoms. The van der Waals surface area contributed by atoms with E-state index < -0.39 is 30.0 Å². The molecule has 0 saturated carbocycles. The van der Waals surface area contributed by atoms with Gasteiger partial charge in [-0.05, 0) is 59.5 Å². The fourth-order valence-corrected chi connectivity index (χ4v) is 2.81. The molecule has 1 saturated heterocycles. The van der Waals surface area contributed by atoms with E-state index in [2.05, 4.69) is 5.10 Å². The summed E-state index contributed by atoms with van der Waals surface area (Å²) in [5.41, 5.74) is 1.18. The molecule has 7 heteroatoms. The first-order valence-corrected chi connectivity index (χ1v) is 9.13. The minimum Gasteiger partial charge on any atom is -0.442 e. The highest BCUT2D eigenvalue weighted by Gasteiger charge is 2.52. The molecular weight excluding hydrogens is 343 g/mol. The van der Waals surface area contributed by atoms with Crippen LogP contribution >= 0.6 is 0 Å². The first-order chi connectivity index (χ1) is 12.4. The highest BCUT2D eigenvalue weighted by Crippen LogP contribution is 2.37. The van der Waals surface area contributed by atoms with Gasteiger partial charge < -0.3 is 14.0 Å². The molecule has 1 aromatic carbocycles. The Morgan fingerprint density at radius 1 is 1.11 bits per heavy atom. The molecule has 1 aliphatic heterocycles. The Balaban J connectivity index is 1.91. The molecule has 0 atom stereocenters. The lowest BCUT2D eigenvalue weighted by Gasteiger charge is -2.32. The molecule has 0 radical (unpaired) electrons. The Morgan fingerprint density at radius 3 is 2.30 bits per heavy atom. The Labute approximate surface area is 160 Å². The van der Waals surface area contributed by atoms with E-state index in [-0.39, 0.29) is 0 Å². The molecule has 1 aromatic heterocycles. The molecule has 2 heterocycles. The molecule has 0 bridgehead atoms. The van der Waals surface area contributed by atoms with Crippen molar-refractivity contribution >= 4 is 18.7 Å². The molecule has 144 valence electrons.